The normalized spacial score (nSPS) is 36.6. The smallest absolute Gasteiger partial charge is 0.537 e. The van der Waals surface area contributed by atoms with Crippen molar-refractivity contribution in [2.45, 2.75) is 5.92 Å². The summed E-state index contributed by atoms with van der Waals surface area (Å²) in [6.07, 6.45) is 20.5. The van der Waals surface area contributed by atoms with Gasteiger partial charge in [-0.1, -0.05) is 72.9 Å². The number of allylic oxidation sites excluding steroid dienone is 9. The summed E-state index contributed by atoms with van der Waals surface area (Å²) in [5, 5.41) is 9.23. The van der Waals surface area contributed by atoms with E-state index in [9.17, 15) is 5.02 Å². The number of rotatable bonds is 2. The summed E-state index contributed by atoms with van der Waals surface area (Å²) in [7, 11) is 0.798. The molecule has 123 valence electrons. The highest BCUT2D eigenvalue weighted by atomic mass is 16.5. The minimum atomic E-state index is 0.369. The lowest BCUT2D eigenvalue weighted by Gasteiger charge is -2.51. The van der Waals surface area contributed by atoms with E-state index in [1.54, 1.807) is 0 Å². The van der Waals surface area contributed by atoms with Crippen LogP contribution in [0.4, 0.5) is 0 Å². The lowest BCUT2D eigenvalue weighted by molar-refractivity contribution is 0.135. The molecule has 0 amide bonds. The molecule has 4 aliphatic rings. The molecule has 0 spiro atoms. The predicted molar refractivity (Wildman–Crippen MR) is 100 cm³/mol. The van der Waals surface area contributed by atoms with E-state index >= 15 is 0 Å². The van der Waals surface area contributed by atoms with Gasteiger partial charge in [0.05, 0.1) is 0 Å². The Labute approximate surface area is 149 Å². The Morgan fingerprint density at radius 3 is 2.08 bits per heavy atom. The zero-order valence-corrected chi connectivity index (χ0v) is 13.9. The van der Waals surface area contributed by atoms with Crippen LogP contribution in [-0.4, -0.2) is 12.7 Å². The van der Waals surface area contributed by atoms with Gasteiger partial charge in [-0.2, -0.15) is 0 Å². The first-order chi connectivity index (χ1) is 12.4. The van der Waals surface area contributed by atoms with Gasteiger partial charge in [0.15, 0.2) is 0 Å². The molecule has 2 nitrogen and oxygen atoms in total. The van der Waals surface area contributed by atoms with Gasteiger partial charge < -0.3 is 9.68 Å². The summed E-state index contributed by atoms with van der Waals surface area (Å²) in [4.78, 5) is 0. The Morgan fingerprint density at radius 2 is 1.36 bits per heavy atom. The molecule has 6 atom stereocenters. The number of hydrogen-bond donors (Lipinski definition) is 1. The van der Waals surface area contributed by atoms with Crippen LogP contribution >= 0.6 is 0 Å². The lowest BCUT2D eigenvalue weighted by Crippen LogP contribution is -2.44. The van der Waals surface area contributed by atoms with Crippen LogP contribution in [0.3, 0.4) is 0 Å². The summed E-state index contributed by atoms with van der Waals surface area (Å²) in [6, 6.07) is 8.48. The fraction of sp³-hybridized carbons (Fsp3) is 0.273. The van der Waals surface area contributed by atoms with Crippen LogP contribution in [0, 0.1) is 29.6 Å². The standard InChI is InChI=1S/C22H20BO2/c24-23-25-21-13-20-16-9-2-1-7-14(16)15-8-3-5-11-18(15)22(20)19-12-6-4-10-17(19)21/h1-16,18,20,22,24H. The molecular weight excluding hydrogens is 307 g/mol. The van der Waals surface area contributed by atoms with E-state index in [2.05, 4.69) is 72.9 Å². The minimum absolute atomic E-state index is 0.369. The van der Waals surface area contributed by atoms with Gasteiger partial charge in [0.2, 0.25) is 0 Å². The van der Waals surface area contributed by atoms with Crippen molar-refractivity contribution in [3.05, 3.63) is 90.1 Å². The van der Waals surface area contributed by atoms with E-state index in [0.29, 0.717) is 35.5 Å². The second-order valence-corrected chi connectivity index (χ2v) is 7.29. The first kappa shape index (κ1) is 15.0. The van der Waals surface area contributed by atoms with Crippen LogP contribution in [-0.2, 0) is 4.65 Å². The molecule has 0 bridgehead atoms. The molecule has 6 unspecified atom stereocenters. The third-order valence-electron chi connectivity index (χ3n) is 6.27. The molecule has 0 saturated heterocycles. The van der Waals surface area contributed by atoms with Crippen molar-refractivity contribution in [1.82, 2.24) is 0 Å². The quantitative estimate of drug-likeness (QED) is 0.832. The molecule has 1 aromatic carbocycles. The fourth-order valence-corrected chi connectivity index (χ4v) is 5.36. The Kier molecular flexibility index (Phi) is 3.56. The maximum absolute atomic E-state index is 9.23. The second-order valence-electron chi connectivity index (χ2n) is 7.29. The zero-order valence-electron chi connectivity index (χ0n) is 13.9. The molecule has 1 fully saturated rings. The van der Waals surface area contributed by atoms with Crippen molar-refractivity contribution in [3.63, 3.8) is 0 Å². The molecule has 5 rings (SSSR count). The molecule has 3 heteroatoms. The van der Waals surface area contributed by atoms with Crippen molar-refractivity contribution >= 4 is 13.4 Å². The largest absolute Gasteiger partial charge is 0.569 e. The fourth-order valence-electron chi connectivity index (χ4n) is 5.36. The van der Waals surface area contributed by atoms with Gasteiger partial charge in [-0.3, -0.25) is 0 Å². The molecule has 1 aromatic rings. The third-order valence-corrected chi connectivity index (χ3v) is 6.27. The summed E-state index contributed by atoms with van der Waals surface area (Å²) in [5.74, 6) is 3.57. The summed E-state index contributed by atoms with van der Waals surface area (Å²) < 4.78 is 5.49. The molecule has 25 heavy (non-hydrogen) atoms. The maximum atomic E-state index is 9.23. The van der Waals surface area contributed by atoms with E-state index in [4.69, 9.17) is 4.65 Å². The van der Waals surface area contributed by atoms with Crippen molar-refractivity contribution in [2.75, 3.05) is 0 Å². The van der Waals surface area contributed by atoms with E-state index in [1.807, 2.05) is 6.07 Å². The second kappa shape index (κ2) is 5.92. The van der Waals surface area contributed by atoms with Crippen LogP contribution in [0.15, 0.2) is 78.9 Å². The van der Waals surface area contributed by atoms with Crippen molar-refractivity contribution < 1.29 is 9.68 Å². The molecule has 0 aromatic heterocycles. The molecule has 1 N–H and O–H groups in total. The summed E-state index contributed by atoms with van der Waals surface area (Å²) in [5.41, 5.74) is 2.44. The SMILES string of the molecule is O[B]OC1=CC2C3C=CC=CC3C3C=CC=CC3C2c2ccccc21. The monoisotopic (exact) mass is 327 g/mol. The van der Waals surface area contributed by atoms with E-state index in [0.717, 1.165) is 19.0 Å². The molecule has 1 radical (unpaired) electrons. The van der Waals surface area contributed by atoms with Gasteiger partial charge in [-0.05, 0) is 47.1 Å². The molecular formula is C22H20BO2. The van der Waals surface area contributed by atoms with Gasteiger partial charge in [0.1, 0.15) is 5.76 Å². The topological polar surface area (TPSA) is 29.5 Å². The number of fused-ring (bicyclic) bond motifs is 8. The average Bonchev–Trinajstić information content (AvgIpc) is 2.68. The molecule has 0 heterocycles. The van der Waals surface area contributed by atoms with Crippen LogP contribution in [0.2, 0.25) is 0 Å². The average molecular weight is 327 g/mol. The van der Waals surface area contributed by atoms with Crippen LogP contribution in [0.5, 0.6) is 0 Å². The third kappa shape index (κ3) is 2.22. The molecule has 0 aliphatic heterocycles. The van der Waals surface area contributed by atoms with Gasteiger partial charge in [0.25, 0.3) is 0 Å². The first-order valence-corrected chi connectivity index (χ1v) is 9.02. The highest BCUT2D eigenvalue weighted by Crippen LogP contribution is 2.57. The predicted octanol–water partition coefficient (Wildman–Crippen LogP) is 4.01. The van der Waals surface area contributed by atoms with E-state index in [1.165, 1.54) is 5.56 Å². The Hall–Kier alpha value is -2.26. The van der Waals surface area contributed by atoms with E-state index in [-0.39, 0.29) is 0 Å². The summed E-state index contributed by atoms with van der Waals surface area (Å²) >= 11 is 0. The van der Waals surface area contributed by atoms with E-state index < -0.39 is 0 Å². The van der Waals surface area contributed by atoms with Crippen molar-refractivity contribution in [2.24, 2.45) is 29.6 Å². The number of hydrogen-bond acceptors (Lipinski definition) is 2. The Morgan fingerprint density at radius 1 is 0.760 bits per heavy atom. The van der Waals surface area contributed by atoms with Gasteiger partial charge >= 0.3 is 7.69 Å². The first-order valence-electron chi connectivity index (χ1n) is 9.02. The number of benzene rings is 1. The van der Waals surface area contributed by atoms with Crippen LogP contribution < -0.4 is 0 Å². The van der Waals surface area contributed by atoms with Crippen molar-refractivity contribution in [1.29, 1.82) is 0 Å². The summed E-state index contributed by atoms with van der Waals surface area (Å²) in [6.45, 7) is 0. The van der Waals surface area contributed by atoms with Crippen molar-refractivity contribution in [3.8, 4) is 0 Å². The maximum Gasteiger partial charge on any atom is 0.569 e. The Bertz CT molecular complexity index is 832. The highest BCUT2D eigenvalue weighted by Gasteiger charge is 2.49. The van der Waals surface area contributed by atoms with Gasteiger partial charge in [-0.15, -0.1) is 0 Å². The lowest BCUT2D eigenvalue weighted by atomic mass is 9.52. The van der Waals surface area contributed by atoms with Gasteiger partial charge in [0, 0.05) is 5.56 Å². The van der Waals surface area contributed by atoms with Crippen LogP contribution in [0.1, 0.15) is 17.0 Å². The molecule has 4 aliphatic carbocycles. The zero-order chi connectivity index (χ0) is 16.8. The van der Waals surface area contributed by atoms with Crippen LogP contribution in [0.25, 0.3) is 5.76 Å². The Balaban J connectivity index is 1.69. The van der Waals surface area contributed by atoms with Gasteiger partial charge in [-0.25, -0.2) is 0 Å². The minimum Gasteiger partial charge on any atom is -0.537 e. The molecule has 1 saturated carbocycles. The highest BCUT2D eigenvalue weighted by molar-refractivity contribution is 6.18.